The van der Waals surface area contributed by atoms with Crippen molar-refractivity contribution in [3.05, 3.63) is 54.1 Å². The van der Waals surface area contributed by atoms with Gasteiger partial charge in [0.2, 0.25) is 0 Å². The van der Waals surface area contributed by atoms with E-state index in [1.54, 1.807) is 12.5 Å². The van der Waals surface area contributed by atoms with E-state index in [1.165, 1.54) is 0 Å². The minimum atomic E-state index is 0. The van der Waals surface area contributed by atoms with Crippen molar-refractivity contribution in [2.75, 3.05) is 13.1 Å². The van der Waals surface area contributed by atoms with Gasteiger partial charge < -0.3 is 15.2 Å². The smallest absolute Gasteiger partial charge is 0.254 e. The zero-order valence-electron chi connectivity index (χ0n) is 12.8. The third-order valence-electron chi connectivity index (χ3n) is 4.04. The van der Waals surface area contributed by atoms with Crippen LogP contribution in [0.5, 0.6) is 0 Å². The monoisotopic (exact) mass is 356 g/mol. The number of imidazole rings is 1. The number of nitrogens with two attached hydrogens (primary N) is 1. The van der Waals surface area contributed by atoms with Crippen LogP contribution in [0.4, 0.5) is 0 Å². The number of benzene rings is 1. The molecule has 2 aromatic rings. The molecule has 1 amide bonds. The van der Waals surface area contributed by atoms with Gasteiger partial charge >= 0.3 is 0 Å². The van der Waals surface area contributed by atoms with Crippen molar-refractivity contribution in [3.63, 3.8) is 0 Å². The molecule has 1 aliphatic heterocycles. The minimum Gasteiger partial charge on any atom is -0.334 e. The fourth-order valence-electron chi connectivity index (χ4n) is 2.86. The Morgan fingerprint density at radius 3 is 2.61 bits per heavy atom. The average Bonchev–Trinajstić information content (AvgIpc) is 3.18. The first-order chi connectivity index (χ1) is 10.3. The summed E-state index contributed by atoms with van der Waals surface area (Å²) in [4.78, 5) is 18.4. The molecule has 0 bridgehead atoms. The Kier molecular flexibility index (Phi) is 7.55. The van der Waals surface area contributed by atoms with Crippen molar-refractivity contribution in [3.8, 4) is 0 Å². The maximum atomic E-state index is 12.5. The van der Waals surface area contributed by atoms with Gasteiger partial charge in [0.25, 0.3) is 5.91 Å². The predicted octanol–water partition coefficient (Wildman–Crippen LogP) is 2.34. The summed E-state index contributed by atoms with van der Waals surface area (Å²) >= 11 is 0. The van der Waals surface area contributed by atoms with Crippen LogP contribution in [-0.2, 0) is 6.54 Å². The molecule has 1 aliphatic rings. The highest BCUT2D eigenvalue weighted by atomic mass is 35.5. The average molecular weight is 357 g/mol. The van der Waals surface area contributed by atoms with Gasteiger partial charge in [0.1, 0.15) is 0 Å². The molecule has 126 valence electrons. The molecule has 7 heteroatoms. The molecule has 1 aromatic heterocycles. The number of nitrogens with zero attached hydrogens (tertiary/aromatic N) is 3. The van der Waals surface area contributed by atoms with E-state index in [-0.39, 0.29) is 36.8 Å². The van der Waals surface area contributed by atoms with Gasteiger partial charge in [-0.1, -0.05) is 12.1 Å². The number of hydrogen-bond donors (Lipinski definition) is 1. The van der Waals surface area contributed by atoms with Crippen LogP contribution < -0.4 is 5.73 Å². The van der Waals surface area contributed by atoms with Gasteiger partial charge in [-0.05, 0) is 30.5 Å². The van der Waals surface area contributed by atoms with Gasteiger partial charge in [0.05, 0.1) is 6.33 Å². The largest absolute Gasteiger partial charge is 0.334 e. The lowest BCUT2D eigenvalue weighted by Gasteiger charge is -2.23. The molecular weight excluding hydrogens is 335 g/mol. The van der Waals surface area contributed by atoms with Crippen LogP contribution in [-0.4, -0.2) is 39.5 Å². The number of hydrogen-bond acceptors (Lipinski definition) is 3. The van der Waals surface area contributed by atoms with Crippen molar-refractivity contribution < 1.29 is 4.79 Å². The fourth-order valence-corrected chi connectivity index (χ4v) is 2.86. The van der Waals surface area contributed by atoms with E-state index < -0.39 is 0 Å². The van der Waals surface area contributed by atoms with Crippen molar-refractivity contribution in [2.45, 2.75) is 25.4 Å². The predicted molar refractivity (Wildman–Crippen MR) is 95.4 cm³/mol. The molecule has 0 spiro atoms. The summed E-state index contributed by atoms with van der Waals surface area (Å²) in [6.07, 6.45) is 7.54. The summed E-state index contributed by atoms with van der Waals surface area (Å²) < 4.78 is 2.00. The Bertz CT molecular complexity index is 601. The van der Waals surface area contributed by atoms with Crippen LogP contribution in [0.1, 0.15) is 28.8 Å². The molecule has 1 aromatic carbocycles. The molecule has 1 unspecified atom stereocenters. The number of aromatic nitrogens is 2. The SMILES string of the molecule is Cl.Cl.NCC1CCCN1C(=O)c1ccc(Cn2ccnc2)cc1. The molecule has 1 atom stereocenters. The molecule has 0 saturated carbocycles. The van der Waals surface area contributed by atoms with E-state index in [9.17, 15) is 4.79 Å². The normalized spacial score (nSPS) is 16.6. The van der Waals surface area contributed by atoms with Gasteiger partial charge in [-0.2, -0.15) is 0 Å². The number of rotatable bonds is 4. The maximum Gasteiger partial charge on any atom is 0.254 e. The summed E-state index contributed by atoms with van der Waals surface area (Å²) in [5.41, 5.74) is 7.63. The highest BCUT2D eigenvalue weighted by molar-refractivity contribution is 5.94. The number of amides is 1. The number of carbonyl (C=O) groups is 1. The summed E-state index contributed by atoms with van der Waals surface area (Å²) in [5.74, 6) is 0.0946. The van der Waals surface area contributed by atoms with Crippen LogP contribution in [0, 0.1) is 0 Å². The molecule has 5 nitrogen and oxygen atoms in total. The Morgan fingerprint density at radius 2 is 2.00 bits per heavy atom. The van der Waals surface area contributed by atoms with Gasteiger partial charge in [-0.15, -0.1) is 24.8 Å². The molecule has 23 heavy (non-hydrogen) atoms. The van der Waals surface area contributed by atoms with Crippen LogP contribution in [0.2, 0.25) is 0 Å². The Hall–Kier alpha value is -1.56. The van der Waals surface area contributed by atoms with Crippen molar-refractivity contribution in [2.24, 2.45) is 5.73 Å². The number of carbonyl (C=O) groups excluding carboxylic acids is 1. The third-order valence-corrected chi connectivity index (χ3v) is 4.04. The molecule has 0 radical (unpaired) electrons. The quantitative estimate of drug-likeness (QED) is 0.914. The molecule has 1 fully saturated rings. The topological polar surface area (TPSA) is 64.2 Å². The van der Waals surface area contributed by atoms with Crippen molar-refractivity contribution >= 4 is 30.7 Å². The lowest BCUT2D eigenvalue weighted by atomic mass is 10.1. The zero-order chi connectivity index (χ0) is 14.7. The van der Waals surface area contributed by atoms with Crippen molar-refractivity contribution in [1.29, 1.82) is 0 Å². The molecule has 2 heterocycles. The molecule has 3 rings (SSSR count). The second-order valence-corrected chi connectivity index (χ2v) is 5.46. The van der Waals surface area contributed by atoms with Crippen LogP contribution in [0.25, 0.3) is 0 Å². The van der Waals surface area contributed by atoms with Gasteiger partial charge in [-0.25, -0.2) is 4.98 Å². The van der Waals surface area contributed by atoms with E-state index in [0.717, 1.165) is 37.1 Å². The van der Waals surface area contributed by atoms with Crippen molar-refractivity contribution in [1.82, 2.24) is 14.5 Å². The van der Waals surface area contributed by atoms with E-state index in [1.807, 2.05) is 39.9 Å². The second-order valence-electron chi connectivity index (χ2n) is 5.46. The van der Waals surface area contributed by atoms with Gasteiger partial charge in [0, 0.05) is 43.6 Å². The molecule has 2 N–H and O–H groups in total. The Labute approximate surface area is 148 Å². The highest BCUT2D eigenvalue weighted by Gasteiger charge is 2.28. The minimum absolute atomic E-state index is 0. The van der Waals surface area contributed by atoms with Gasteiger partial charge in [-0.3, -0.25) is 4.79 Å². The Morgan fingerprint density at radius 1 is 1.26 bits per heavy atom. The van der Waals surface area contributed by atoms with Crippen LogP contribution in [0.15, 0.2) is 43.0 Å². The highest BCUT2D eigenvalue weighted by Crippen LogP contribution is 2.19. The van der Waals surface area contributed by atoms with Crippen LogP contribution in [0.3, 0.4) is 0 Å². The summed E-state index contributed by atoms with van der Waals surface area (Å²) in [6.45, 7) is 2.13. The summed E-state index contributed by atoms with van der Waals surface area (Å²) in [5, 5.41) is 0. The van der Waals surface area contributed by atoms with E-state index >= 15 is 0 Å². The third kappa shape index (κ3) is 4.47. The standard InChI is InChI=1S/C16H20N4O.2ClH/c17-10-15-2-1-8-20(15)16(21)14-5-3-13(4-6-14)11-19-9-7-18-12-19;;/h3-7,9,12,15H,1-2,8,10-11,17H2;2*1H. The summed E-state index contributed by atoms with van der Waals surface area (Å²) in [7, 11) is 0. The lowest BCUT2D eigenvalue weighted by molar-refractivity contribution is 0.0741. The lowest BCUT2D eigenvalue weighted by Crippen LogP contribution is -2.39. The molecule has 0 aliphatic carbocycles. The first-order valence-corrected chi connectivity index (χ1v) is 7.33. The zero-order valence-corrected chi connectivity index (χ0v) is 14.4. The first kappa shape index (κ1) is 19.5. The number of halogens is 2. The van der Waals surface area contributed by atoms with Crippen LogP contribution >= 0.6 is 24.8 Å². The molecular formula is C16H22Cl2N4O. The van der Waals surface area contributed by atoms with E-state index in [0.29, 0.717) is 6.54 Å². The second kappa shape index (κ2) is 8.91. The number of likely N-dealkylation sites (tertiary alicyclic amines) is 1. The summed E-state index contributed by atoms with van der Waals surface area (Å²) in [6, 6.07) is 8.01. The maximum absolute atomic E-state index is 12.5. The van der Waals surface area contributed by atoms with E-state index in [4.69, 9.17) is 5.73 Å². The fraction of sp³-hybridized carbons (Fsp3) is 0.375. The van der Waals surface area contributed by atoms with E-state index in [2.05, 4.69) is 4.98 Å². The molecule has 1 saturated heterocycles. The first-order valence-electron chi connectivity index (χ1n) is 7.33. The Balaban J connectivity index is 0.00000132. The van der Waals surface area contributed by atoms with Gasteiger partial charge in [0.15, 0.2) is 0 Å².